The number of anilines is 2. The summed E-state index contributed by atoms with van der Waals surface area (Å²) in [6, 6.07) is 6.54. The third-order valence-corrected chi connectivity index (χ3v) is 3.57. The molecule has 0 saturated heterocycles. The first kappa shape index (κ1) is 12.2. The number of halogens is 2. The van der Waals surface area contributed by atoms with E-state index in [4.69, 9.17) is 28.9 Å². The number of hydrogen-bond acceptors (Lipinski definition) is 3. The number of amides is 1. The quantitative estimate of drug-likeness (QED) is 0.880. The molecule has 0 radical (unpaired) electrons. The molecule has 0 aliphatic heterocycles. The van der Waals surface area contributed by atoms with Crippen molar-refractivity contribution in [2.75, 3.05) is 11.1 Å². The van der Waals surface area contributed by atoms with Crippen LogP contribution in [0.1, 0.15) is 9.67 Å². The van der Waals surface area contributed by atoms with E-state index in [2.05, 4.69) is 5.32 Å². The van der Waals surface area contributed by atoms with Crippen LogP contribution in [0.25, 0.3) is 0 Å². The van der Waals surface area contributed by atoms with Gasteiger partial charge in [0.15, 0.2) is 0 Å². The first-order chi connectivity index (χ1) is 8.08. The van der Waals surface area contributed by atoms with Gasteiger partial charge in [-0.25, -0.2) is 0 Å². The molecule has 2 aromatic rings. The fraction of sp³-hybridized carbons (Fsp3) is 0. The van der Waals surface area contributed by atoms with Gasteiger partial charge in [-0.1, -0.05) is 23.2 Å². The highest BCUT2D eigenvalue weighted by molar-refractivity contribution is 7.12. The van der Waals surface area contributed by atoms with Crippen LogP contribution < -0.4 is 11.1 Å². The zero-order valence-electron chi connectivity index (χ0n) is 8.54. The molecular formula is C11H8Cl2N2OS. The Morgan fingerprint density at radius 2 is 2.06 bits per heavy atom. The second kappa shape index (κ2) is 4.96. The Hall–Kier alpha value is -1.23. The highest BCUT2D eigenvalue weighted by Crippen LogP contribution is 2.27. The molecule has 3 N–H and O–H groups in total. The Labute approximate surface area is 112 Å². The summed E-state index contributed by atoms with van der Waals surface area (Å²) in [5, 5.41) is 5.36. The van der Waals surface area contributed by atoms with Gasteiger partial charge in [-0.3, -0.25) is 4.79 Å². The van der Waals surface area contributed by atoms with Crippen LogP contribution >= 0.6 is 34.5 Å². The van der Waals surface area contributed by atoms with Crippen LogP contribution in [0.5, 0.6) is 0 Å². The third-order valence-electron chi connectivity index (χ3n) is 2.08. The Morgan fingerprint density at radius 3 is 2.71 bits per heavy atom. The molecule has 88 valence electrons. The molecular weight excluding hydrogens is 279 g/mol. The smallest absolute Gasteiger partial charge is 0.267 e. The van der Waals surface area contributed by atoms with Crippen molar-refractivity contribution in [2.45, 2.75) is 0 Å². The Morgan fingerprint density at radius 1 is 1.29 bits per heavy atom. The summed E-state index contributed by atoms with van der Waals surface area (Å²) in [7, 11) is 0. The van der Waals surface area contributed by atoms with E-state index >= 15 is 0 Å². The molecule has 1 amide bonds. The van der Waals surface area contributed by atoms with E-state index in [1.54, 1.807) is 29.6 Å². The fourth-order valence-corrected chi connectivity index (χ4v) is 2.33. The maximum atomic E-state index is 11.9. The topological polar surface area (TPSA) is 55.1 Å². The first-order valence-electron chi connectivity index (χ1n) is 4.67. The highest BCUT2D eigenvalue weighted by Gasteiger charge is 2.13. The van der Waals surface area contributed by atoms with E-state index in [0.29, 0.717) is 26.3 Å². The van der Waals surface area contributed by atoms with Gasteiger partial charge in [0, 0.05) is 5.02 Å². The van der Waals surface area contributed by atoms with Gasteiger partial charge in [-0.15, -0.1) is 11.3 Å². The molecule has 0 fully saturated rings. The summed E-state index contributed by atoms with van der Waals surface area (Å²) in [5.41, 5.74) is 6.57. The largest absolute Gasteiger partial charge is 0.397 e. The van der Waals surface area contributed by atoms with Gasteiger partial charge in [-0.05, 0) is 29.6 Å². The van der Waals surface area contributed by atoms with Gasteiger partial charge < -0.3 is 11.1 Å². The minimum Gasteiger partial charge on any atom is -0.397 e. The van der Waals surface area contributed by atoms with Crippen LogP contribution in [0.15, 0.2) is 29.6 Å². The molecule has 1 aromatic carbocycles. The molecule has 0 bridgehead atoms. The Kier molecular flexibility index (Phi) is 3.57. The van der Waals surface area contributed by atoms with Crippen LogP contribution in [0.2, 0.25) is 10.0 Å². The van der Waals surface area contributed by atoms with E-state index in [-0.39, 0.29) is 5.91 Å². The zero-order chi connectivity index (χ0) is 12.4. The van der Waals surface area contributed by atoms with Crippen molar-refractivity contribution in [1.29, 1.82) is 0 Å². The number of carbonyl (C=O) groups is 1. The van der Waals surface area contributed by atoms with E-state index in [9.17, 15) is 4.79 Å². The van der Waals surface area contributed by atoms with Crippen LogP contribution in [0, 0.1) is 0 Å². The Bertz CT molecular complexity index is 568. The normalized spacial score (nSPS) is 10.2. The highest BCUT2D eigenvalue weighted by atomic mass is 35.5. The number of benzene rings is 1. The van der Waals surface area contributed by atoms with Crippen LogP contribution in [0.4, 0.5) is 11.4 Å². The van der Waals surface area contributed by atoms with Crippen LogP contribution in [0.3, 0.4) is 0 Å². The maximum absolute atomic E-state index is 11.9. The number of nitrogens with one attached hydrogen (secondary N) is 1. The molecule has 0 aliphatic rings. The molecule has 0 aliphatic carbocycles. The summed E-state index contributed by atoms with van der Waals surface area (Å²) < 4.78 is 0. The third kappa shape index (κ3) is 2.72. The number of nitrogen functional groups attached to an aromatic ring is 1. The first-order valence-corrected chi connectivity index (χ1v) is 6.31. The van der Waals surface area contributed by atoms with Crippen LogP contribution in [-0.2, 0) is 0 Å². The lowest BCUT2D eigenvalue weighted by Crippen LogP contribution is -2.12. The number of rotatable bonds is 2. The summed E-state index contributed by atoms with van der Waals surface area (Å²) in [6.07, 6.45) is 0. The van der Waals surface area contributed by atoms with Gasteiger partial charge in [-0.2, -0.15) is 0 Å². The molecule has 0 saturated carbocycles. The number of carbonyl (C=O) groups excluding carboxylic acids is 1. The van der Waals surface area contributed by atoms with Crippen molar-refractivity contribution in [3.63, 3.8) is 0 Å². The second-order valence-corrected chi connectivity index (χ2v) is 5.04. The van der Waals surface area contributed by atoms with Crippen molar-refractivity contribution in [3.05, 3.63) is 44.6 Å². The van der Waals surface area contributed by atoms with Gasteiger partial charge in [0.25, 0.3) is 5.91 Å². The molecule has 2 rings (SSSR count). The fourth-order valence-electron chi connectivity index (χ4n) is 1.28. The molecule has 0 spiro atoms. The monoisotopic (exact) mass is 286 g/mol. The van der Waals surface area contributed by atoms with Gasteiger partial charge in [0.1, 0.15) is 4.88 Å². The minimum absolute atomic E-state index is 0.290. The lowest BCUT2D eigenvalue weighted by Gasteiger charge is -2.06. The molecule has 0 unspecified atom stereocenters. The van der Waals surface area contributed by atoms with Crippen molar-refractivity contribution in [3.8, 4) is 0 Å². The SMILES string of the molecule is Nc1ccsc1C(=O)Nc1cc(Cl)ccc1Cl. The summed E-state index contributed by atoms with van der Waals surface area (Å²) in [4.78, 5) is 12.3. The van der Waals surface area contributed by atoms with Gasteiger partial charge >= 0.3 is 0 Å². The lowest BCUT2D eigenvalue weighted by molar-refractivity contribution is 0.103. The Balaban J connectivity index is 2.24. The average molecular weight is 287 g/mol. The predicted octanol–water partition coefficient (Wildman–Crippen LogP) is 3.89. The number of thiophene rings is 1. The zero-order valence-corrected chi connectivity index (χ0v) is 10.9. The predicted molar refractivity (Wildman–Crippen MR) is 73.1 cm³/mol. The average Bonchev–Trinajstić information content (AvgIpc) is 2.70. The standard InChI is InChI=1S/C11H8Cl2N2OS/c12-6-1-2-7(13)9(5-6)15-11(16)10-8(14)3-4-17-10/h1-5H,14H2,(H,15,16). The molecule has 3 nitrogen and oxygen atoms in total. The van der Waals surface area contributed by atoms with E-state index in [0.717, 1.165) is 0 Å². The molecule has 1 aromatic heterocycles. The van der Waals surface area contributed by atoms with Gasteiger partial charge in [0.2, 0.25) is 0 Å². The lowest BCUT2D eigenvalue weighted by atomic mass is 10.3. The van der Waals surface area contributed by atoms with Crippen molar-refractivity contribution in [1.82, 2.24) is 0 Å². The number of nitrogens with two attached hydrogens (primary N) is 1. The molecule has 0 atom stereocenters. The van der Waals surface area contributed by atoms with Crippen molar-refractivity contribution in [2.24, 2.45) is 0 Å². The van der Waals surface area contributed by atoms with E-state index in [1.165, 1.54) is 11.3 Å². The number of hydrogen-bond donors (Lipinski definition) is 2. The van der Waals surface area contributed by atoms with Gasteiger partial charge in [0.05, 0.1) is 16.4 Å². The summed E-state index contributed by atoms with van der Waals surface area (Å²) in [6.45, 7) is 0. The van der Waals surface area contributed by atoms with E-state index in [1.807, 2.05) is 0 Å². The second-order valence-electron chi connectivity index (χ2n) is 3.28. The molecule has 6 heteroatoms. The van der Waals surface area contributed by atoms with E-state index < -0.39 is 0 Å². The molecule has 1 heterocycles. The maximum Gasteiger partial charge on any atom is 0.267 e. The van der Waals surface area contributed by atoms with Crippen molar-refractivity contribution >= 4 is 51.8 Å². The van der Waals surface area contributed by atoms with Crippen LogP contribution in [-0.4, -0.2) is 5.91 Å². The summed E-state index contributed by atoms with van der Waals surface area (Å²) in [5.74, 6) is -0.290. The summed E-state index contributed by atoms with van der Waals surface area (Å²) >= 11 is 13.0. The minimum atomic E-state index is -0.290. The molecule has 17 heavy (non-hydrogen) atoms. The van der Waals surface area contributed by atoms with Crippen molar-refractivity contribution < 1.29 is 4.79 Å².